The lowest BCUT2D eigenvalue weighted by atomic mass is 10.1. The lowest BCUT2D eigenvalue weighted by Crippen LogP contribution is -2.22. The van der Waals surface area contributed by atoms with Gasteiger partial charge in [-0.05, 0) is 60.5 Å². The van der Waals surface area contributed by atoms with Crippen molar-refractivity contribution in [2.24, 2.45) is 0 Å². The van der Waals surface area contributed by atoms with Crippen LogP contribution in [0.1, 0.15) is 12.5 Å². The van der Waals surface area contributed by atoms with E-state index in [9.17, 15) is 9.18 Å². The number of furan rings is 1. The standard InChI is InChI=1S/C23H17FN4O2/c1-2-15-5-3-6-18(13-15)27-22(20-7-4-12-30-20)26-21-19(23(27)29)14-25-28(21)17-10-8-16(24)9-11-17/h3-14H,2H2,1H3. The predicted molar refractivity (Wildman–Crippen MR) is 112 cm³/mol. The second-order valence-corrected chi connectivity index (χ2v) is 6.85. The largest absolute Gasteiger partial charge is 0.461 e. The zero-order chi connectivity index (χ0) is 20.7. The minimum Gasteiger partial charge on any atom is -0.461 e. The molecule has 30 heavy (non-hydrogen) atoms. The Hall–Kier alpha value is -4.00. The van der Waals surface area contributed by atoms with Gasteiger partial charge < -0.3 is 4.42 Å². The molecule has 0 N–H and O–H groups in total. The van der Waals surface area contributed by atoms with Crippen molar-refractivity contribution in [3.8, 4) is 23.0 Å². The van der Waals surface area contributed by atoms with Gasteiger partial charge in [0.05, 0.1) is 23.8 Å². The zero-order valence-corrected chi connectivity index (χ0v) is 16.1. The smallest absolute Gasteiger partial charge is 0.269 e. The highest BCUT2D eigenvalue weighted by Crippen LogP contribution is 2.24. The Bertz CT molecular complexity index is 1400. The molecule has 0 spiro atoms. The molecular formula is C23H17FN4O2. The Morgan fingerprint density at radius 2 is 1.87 bits per heavy atom. The van der Waals surface area contributed by atoms with Crippen molar-refractivity contribution in [2.75, 3.05) is 0 Å². The van der Waals surface area contributed by atoms with Crippen LogP contribution in [0.3, 0.4) is 0 Å². The number of hydrogen-bond donors (Lipinski definition) is 0. The number of fused-ring (bicyclic) bond motifs is 1. The highest BCUT2D eigenvalue weighted by atomic mass is 19.1. The first-order chi connectivity index (χ1) is 14.7. The Morgan fingerprint density at radius 1 is 1.03 bits per heavy atom. The van der Waals surface area contributed by atoms with Gasteiger partial charge in [-0.2, -0.15) is 5.10 Å². The fourth-order valence-corrected chi connectivity index (χ4v) is 3.46. The van der Waals surface area contributed by atoms with Gasteiger partial charge in [-0.3, -0.25) is 9.36 Å². The Kier molecular flexibility index (Phi) is 4.28. The lowest BCUT2D eigenvalue weighted by molar-refractivity contribution is 0.574. The molecule has 0 saturated carbocycles. The number of aryl methyl sites for hydroxylation is 1. The summed E-state index contributed by atoms with van der Waals surface area (Å²) in [6.07, 6.45) is 3.87. The SMILES string of the molecule is CCc1cccc(-n2c(-c3ccco3)nc3c(cnn3-c3ccc(F)cc3)c2=O)c1. The molecule has 0 unspecified atom stereocenters. The van der Waals surface area contributed by atoms with E-state index in [1.54, 1.807) is 24.3 Å². The third kappa shape index (κ3) is 2.91. The van der Waals surface area contributed by atoms with Crippen molar-refractivity contribution in [2.45, 2.75) is 13.3 Å². The van der Waals surface area contributed by atoms with Crippen molar-refractivity contribution in [1.29, 1.82) is 0 Å². The van der Waals surface area contributed by atoms with Gasteiger partial charge in [0.1, 0.15) is 11.2 Å². The first-order valence-electron chi connectivity index (χ1n) is 9.55. The molecule has 0 atom stereocenters. The first-order valence-corrected chi connectivity index (χ1v) is 9.55. The average molecular weight is 400 g/mol. The number of hydrogen-bond acceptors (Lipinski definition) is 4. The van der Waals surface area contributed by atoms with Crippen molar-refractivity contribution in [1.82, 2.24) is 19.3 Å². The maximum absolute atomic E-state index is 13.5. The van der Waals surface area contributed by atoms with Crippen molar-refractivity contribution in [3.63, 3.8) is 0 Å². The highest BCUT2D eigenvalue weighted by Gasteiger charge is 2.20. The van der Waals surface area contributed by atoms with E-state index in [2.05, 4.69) is 12.0 Å². The van der Waals surface area contributed by atoms with Gasteiger partial charge in [-0.25, -0.2) is 14.1 Å². The van der Waals surface area contributed by atoms with E-state index in [0.717, 1.165) is 12.0 Å². The summed E-state index contributed by atoms with van der Waals surface area (Å²) in [7, 11) is 0. The van der Waals surface area contributed by atoms with Crippen molar-refractivity contribution in [3.05, 3.63) is 94.9 Å². The van der Waals surface area contributed by atoms with Crippen LogP contribution in [0.25, 0.3) is 34.0 Å². The summed E-state index contributed by atoms with van der Waals surface area (Å²) in [5.41, 5.74) is 2.53. The molecule has 0 amide bonds. The fourth-order valence-electron chi connectivity index (χ4n) is 3.46. The summed E-state index contributed by atoms with van der Waals surface area (Å²) in [4.78, 5) is 18.3. The number of nitrogens with zero attached hydrogens (tertiary/aromatic N) is 4. The third-order valence-corrected chi connectivity index (χ3v) is 4.99. The molecule has 3 aromatic heterocycles. The molecule has 3 heterocycles. The number of halogens is 1. The number of aromatic nitrogens is 4. The normalized spacial score (nSPS) is 11.3. The second-order valence-electron chi connectivity index (χ2n) is 6.85. The van der Waals surface area contributed by atoms with Gasteiger partial charge in [-0.15, -0.1) is 0 Å². The number of benzene rings is 2. The third-order valence-electron chi connectivity index (χ3n) is 4.99. The van der Waals surface area contributed by atoms with Gasteiger partial charge in [0.15, 0.2) is 17.2 Å². The molecule has 0 aliphatic heterocycles. The Morgan fingerprint density at radius 3 is 2.60 bits per heavy atom. The Balaban J connectivity index is 1.82. The molecule has 0 saturated heterocycles. The molecule has 0 aliphatic carbocycles. The van der Waals surface area contributed by atoms with E-state index >= 15 is 0 Å². The van der Waals surface area contributed by atoms with Gasteiger partial charge >= 0.3 is 0 Å². The van der Waals surface area contributed by atoms with Crippen LogP contribution in [0.5, 0.6) is 0 Å². The van der Waals surface area contributed by atoms with Crippen LogP contribution in [0.4, 0.5) is 4.39 Å². The van der Waals surface area contributed by atoms with E-state index in [1.807, 2.05) is 24.3 Å². The van der Waals surface area contributed by atoms with Crippen LogP contribution < -0.4 is 5.56 Å². The Labute approximate surface area is 170 Å². The summed E-state index contributed by atoms with van der Waals surface area (Å²) in [5, 5.41) is 4.69. The van der Waals surface area contributed by atoms with Crippen LogP contribution in [-0.4, -0.2) is 19.3 Å². The fraction of sp³-hybridized carbons (Fsp3) is 0.0870. The quantitative estimate of drug-likeness (QED) is 0.444. The van der Waals surface area contributed by atoms with Crippen LogP contribution in [0.15, 0.2) is 82.3 Å². The van der Waals surface area contributed by atoms with Crippen LogP contribution >= 0.6 is 0 Å². The molecule has 0 aliphatic rings. The average Bonchev–Trinajstić information content (AvgIpc) is 3.44. The van der Waals surface area contributed by atoms with E-state index in [0.29, 0.717) is 34.0 Å². The topological polar surface area (TPSA) is 65.8 Å². The minimum absolute atomic E-state index is 0.256. The van der Waals surface area contributed by atoms with Gasteiger partial charge in [-0.1, -0.05) is 19.1 Å². The highest BCUT2D eigenvalue weighted by molar-refractivity contribution is 5.78. The van der Waals surface area contributed by atoms with Gasteiger partial charge in [0, 0.05) is 0 Å². The minimum atomic E-state index is -0.349. The maximum Gasteiger partial charge on any atom is 0.269 e. The number of rotatable bonds is 4. The molecule has 2 aromatic carbocycles. The molecule has 6 nitrogen and oxygen atoms in total. The monoisotopic (exact) mass is 400 g/mol. The van der Waals surface area contributed by atoms with Gasteiger partial charge in [0.2, 0.25) is 0 Å². The van der Waals surface area contributed by atoms with Gasteiger partial charge in [0.25, 0.3) is 5.56 Å². The molecule has 7 heteroatoms. The molecule has 0 radical (unpaired) electrons. The molecule has 0 fully saturated rings. The summed E-state index contributed by atoms with van der Waals surface area (Å²) < 4.78 is 22.0. The molecule has 148 valence electrons. The molecule has 5 aromatic rings. The predicted octanol–water partition coefficient (Wildman–Crippen LogP) is 4.53. The van der Waals surface area contributed by atoms with E-state index < -0.39 is 0 Å². The van der Waals surface area contributed by atoms with E-state index in [4.69, 9.17) is 9.40 Å². The van der Waals surface area contributed by atoms with Crippen LogP contribution in [0, 0.1) is 5.82 Å². The van der Waals surface area contributed by atoms with Crippen molar-refractivity contribution >= 4 is 11.0 Å². The maximum atomic E-state index is 13.5. The summed E-state index contributed by atoms with van der Waals surface area (Å²) >= 11 is 0. The van der Waals surface area contributed by atoms with Crippen molar-refractivity contribution < 1.29 is 8.81 Å². The van der Waals surface area contributed by atoms with E-state index in [1.165, 1.54) is 33.8 Å². The lowest BCUT2D eigenvalue weighted by Gasteiger charge is -2.12. The van der Waals surface area contributed by atoms with Crippen LogP contribution in [-0.2, 0) is 6.42 Å². The molecule has 5 rings (SSSR count). The zero-order valence-electron chi connectivity index (χ0n) is 16.1. The van der Waals surface area contributed by atoms with E-state index in [-0.39, 0.29) is 11.4 Å². The van der Waals surface area contributed by atoms with Crippen LogP contribution in [0.2, 0.25) is 0 Å². The summed E-state index contributed by atoms with van der Waals surface area (Å²) in [5.74, 6) is 0.481. The molecule has 0 bridgehead atoms. The summed E-state index contributed by atoms with van der Waals surface area (Å²) in [6, 6.07) is 17.1. The second kappa shape index (κ2) is 7.11. The summed E-state index contributed by atoms with van der Waals surface area (Å²) in [6.45, 7) is 2.06. The first kappa shape index (κ1) is 18.1. The molecular weight excluding hydrogens is 383 g/mol.